The lowest BCUT2D eigenvalue weighted by Crippen LogP contribution is -2.36. The maximum atomic E-state index is 11.5. The van der Waals surface area contributed by atoms with Crippen molar-refractivity contribution < 1.29 is 4.79 Å². The van der Waals surface area contributed by atoms with Gasteiger partial charge in [-0.2, -0.15) is 0 Å². The number of nitrogen functional groups attached to an aromatic ring is 1. The second kappa shape index (κ2) is 7.62. The van der Waals surface area contributed by atoms with Crippen LogP contribution < -0.4 is 16.6 Å². The SMILES string of the molecule is CCNC(=O)CN(CC)Cc1cccc(NN)n1. The van der Waals surface area contributed by atoms with Crippen molar-refractivity contribution in [2.24, 2.45) is 5.84 Å². The van der Waals surface area contributed by atoms with Crippen LogP contribution in [0, 0.1) is 0 Å². The zero-order valence-corrected chi connectivity index (χ0v) is 10.9. The van der Waals surface area contributed by atoms with E-state index in [0.717, 1.165) is 12.2 Å². The van der Waals surface area contributed by atoms with Gasteiger partial charge in [0.25, 0.3) is 0 Å². The number of hydrazine groups is 1. The highest BCUT2D eigenvalue weighted by atomic mass is 16.2. The summed E-state index contributed by atoms with van der Waals surface area (Å²) in [4.78, 5) is 17.9. The van der Waals surface area contributed by atoms with Gasteiger partial charge in [-0.25, -0.2) is 10.8 Å². The Labute approximate surface area is 108 Å². The number of rotatable bonds is 7. The van der Waals surface area contributed by atoms with Gasteiger partial charge in [-0.1, -0.05) is 13.0 Å². The van der Waals surface area contributed by atoms with Crippen molar-refractivity contribution in [3.63, 3.8) is 0 Å². The molecule has 0 aliphatic heterocycles. The average molecular weight is 251 g/mol. The lowest BCUT2D eigenvalue weighted by Gasteiger charge is -2.19. The topological polar surface area (TPSA) is 83.3 Å². The van der Waals surface area contributed by atoms with Gasteiger partial charge in [0, 0.05) is 13.1 Å². The van der Waals surface area contributed by atoms with E-state index in [1.54, 1.807) is 6.07 Å². The largest absolute Gasteiger partial charge is 0.355 e. The molecule has 1 aromatic rings. The van der Waals surface area contributed by atoms with E-state index in [1.807, 2.05) is 30.9 Å². The van der Waals surface area contributed by atoms with Crippen molar-refractivity contribution in [3.05, 3.63) is 23.9 Å². The molecule has 18 heavy (non-hydrogen) atoms. The number of aromatic nitrogens is 1. The first kappa shape index (κ1) is 14.4. The van der Waals surface area contributed by atoms with E-state index in [2.05, 4.69) is 15.7 Å². The van der Waals surface area contributed by atoms with E-state index < -0.39 is 0 Å². The van der Waals surface area contributed by atoms with Gasteiger partial charge in [-0.05, 0) is 25.6 Å². The minimum Gasteiger partial charge on any atom is -0.355 e. The minimum atomic E-state index is 0.0347. The summed E-state index contributed by atoms with van der Waals surface area (Å²) in [5.41, 5.74) is 3.40. The molecule has 0 unspecified atom stereocenters. The van der Waals surface area contributed by atoms with Gasteiger partial charge in [0.15, 0.2) is 0 Å². The number of hydrogen-bond donors (Lipinski definition) is 3. The number of nitrogens with one attached hydrogen (secondary N) is 2. The summed E-state index contributed by atoms with van der Waals surface area (Å²) in [6.45, 7) is 6.38. The molecule has 0 radical (unpaired) electrons. The quantitative estimate of drug-likeness (QED) is 0.480. The second-order valence-electron chi connectivity index (χ2n) is 3.92. The number of hydrogen-bond acceptors (Lipinski definition) is 5. The molecule has 1 amide bonds. The number of likely N-dealkylation sites (N-methyl/N-ethyl adjacent to an activating group) is 2. The van der Waals surface area contributed by atoms with Crippen LogP contribution in [0.5, 0.6) is 0 Å². The molecule has 4 N–H and O–H groups in total. The third kappa shape index (κ3) is 4.68. The van der Waals surface area contributed by atoms with Crippen LogP contribution in [0.1, 0.15) is 19.5 Å². The van der Waals surface area contributed by atoms with E-state index in [4.69, 9.17) is 5.84 Å². The van der Waals surface area contributed by atoms with Crippen molar-refractivity contribution in [2.75, 3.05) is 25.1 Å². The smallest absolute Gasteiger partial charge is 0.234 e. The van der Waals surface area contributed by atoms with Gasteiger partial charge < -0.3 is 10.7 Å². The molecule has 6 nitrogen and oxygen atoms in total. The molecule has 0 atom stereocenters. The lowest BCUT2D eigenvalue weighted by atomic mass is 10.3. The van der Waals surface area contributed by atoms with Crippen LogP contribution in [0.25, 0.3) is 0 Å². The first-order valence-electron chi connectivity index (χ1n) is 6.11. The van der Waals surface area contributed by atoms with Crippen LogP contribution in [0.2, 0.25) is 0 Å². The highest BCUT2D eigenvalue weighted by molar-refractivity contribution is 5.77. The molecule has 0 aliphatic carbocycles. The number of anilines is 1. The van der Waals surface area contributed by atoms with E-state index >= 15 is 0 Å². The third-order valence-electron chi connectivity index (χ3n) is 2.53. The maximum Gasteiger partial charge on any atom is 0.234 e. The minimum absolute atomic E-state index is 0.0347. The first-order valence-corrected chi connectivity index (χ1v) is 6.11. The number of pyridine rings is 1. The molecule has 0 bridgehead atoms. The molecule has 1 heterocycles. The third-order valence-corrected chi connectivity index (χ3v) is 2.53. The Morgan fingerprint density at radius 3 is 2.83 bits per heavy atom. The van der Waals surface area contributed by atoms with Gasteiger partial charge >= 0.3 is 0 Å². The van der Waals surface area contributed by atoms with E-state index in [9.17, 15) is 4.79 Å². The predicted octanol–water partition coefficient (Wildman–Crippen LogP) is 0.325. The summed E-state index contributed by atoms with van der Waals surface area (Å²) < 4.78 is 0. The first-order chi connectivity index (χ1) is 8.69. The van der Waals surface area contributed by atoms with E-state index in [1.165, 1.54) is 0 Å². The number of nitrogens with zero attached hydrogens (tertiary/aromatic N) is 2. The highest BCUT2D eigenvalue weighted by Gasteiger charge is 2.09. The number of carbonyl (C=O) groups is 1. The number of amides is 1. The fourth-order valence-corrected chi connectivity index (χ4v) is 1.61. The fourth-order valence-electron chi connectivity index (χ4n) is 1.61. The van der Waals surface area contributed by atoms with Crippen LogP contribution in [-0.4, -0.2) is 35.4 Å². The van der Waals surface area contributed by atoms with Crippen LogP contribution >= 0.6 is 0 Å². The Morgan fingerprint density at radius 2 is 2.22 bits per heavy atom. The molecule has 6 heteroatoms. The molecule has 0 fully saturated rings. The van der Waals surface area contributed by atoms with Gasteiger partial charge in [0.05, 0.1) is 12.2 Å². The zero-order chi connectivity index (χ0) is 13.4. The van der Waals surface area contributed by atoms with Crippen molar-refractivity contribution >= 4 is 11.7 Å². The lowest BCUT2D eigenvalue weighted by molar-refractivity contribution is -0.122. The zero-order valence-electron chi connectivity index (χ0n) is 10.9. The summed E-state index contributed by atoms with van der Waals surface area (Å²) in [5.74, 6) is 5.97. The molecule has 0 saturated heterocycles. The second-order valence-corrected chi connectivity index (χ2v) is 3.92. The Kier molecular flexibility index (Phi) is 6.10. The molecule has 0 aliphatic rings. The van der Waals surface area contributed by atoms with E-state index in [0.29, 0.717) is 25.5 Å². The standard InChI is InChI=1S/C12H21N5O/c1-3-14-12(18)9-17(4-2)8-10-6-5-7-11(15-10)16-13/h5-7H,3-4,8-9,13H2,1-2H3,(H,14,18)(H,15,16). The Hall–Kier alpha value is -1.66. The van der Waals surface area contributed by atoms with Gasteiger partial charge in [-0.3, -0.25) is 9.69 Å². The summed E-state index contributed by atoms with van der Waals surface area (Å²) in [6, 6.07) is 5.60. The van der Waals surface area contributed by atoms with E-state index in [-0.39, 0.29) is 5.91 Å². The van der Waals surface area contributed by atoms with Gasteiger partial charge in [-0.15, -0.1) is 0 Å². The van der Waals surface area contributed by atoms with Crippen LogP contribution in [-0.2, 0) is 11.3 Å². The molecular formula is C12H21N5O. The Bertz CT molecular complexity index is 382. The molecular weight excluding hydrogens is 230 g/mol. The number of nitrogens with two attached hydrogens (primary N) is 1. The predicted molar refractivity (Wildman–Crippen MR) is 71.7 cm³/mol. The molecule has 100 valence electrons. The summed E-state index contributed by atoms with van der Waals surface area (Å²) in [6.07, 6.45) is 0. The van der Waals surface area contributed by atoms with Crippen LogP contribution in [0.4, 0.5) is 5.82 Å². The summed E-state index contributed by atoms with van der Waals surface area (Å²) >= 11 is 0. The van der Waals surface area contributed by atoms with Gasteiger partial charge in [0.1, 0.15) is 5.82 Å². The van der Waals surface area contributed by atoms with Crippen molar-refractivity contribution in [2.45, 2.75) is 20.4 Å². The van der Waals surface area contributed by atoms with Crippen LogP contribution in [0.15, 0.2) is 18.2 Å². The molecule has 1 aromatic heterocycles. The Balaban J connectivity index is 2.58. The number of carbonyl (C=O) groups excluding carboxylic acids is 1. The average Bonchev–Trinajstić information content (AvgIpc) is 2.38. The van der Waals surface area contributed by atoms with Crippen LogP contribution in [0.3, 0.4) is 0 Å². The normalized spacial score (nSPS) is 10.4. The molecule has 0 spiro atoms. The summed E-state index contributed by atoms with van der Waals surface area (Å²) in [7, 11) is 0. The van der Waals surface area contributed by atoms with Gasteiger partial charge in [0.2, 0.25) is 5.91 Å². The fraction of sp³-hybridized carbons (Fsp3) is 0.500. The molecule has 0 saturated carbocycles. The maximum absolute atomic E-state index is 11.5. The highest BCUT2D eigenvalue weighted by Crippen LogP contribution is 2.06. The molecule has 0 aromatic carbocycles. The van der Waals surface area contributed by atoms with Crippen molar-refractivity contribution in [1.82, 2.24) is 15.2 Å². The monoisotopic (exact) mass is 251 g/mol. The Morgan fingerprint density at radius 1 is 1.44 bits per heavy atom. The molecule has 1 rings (SSSR count). The summed E-state index contributed by atoms with van der Waals surface area (Å²) in [5, 5.41) is 2.79. The van der Waals surface area contributed by atoms with Crippen molar-refractivity contribution in [1.29, 1.82) is 0 Å². The van der Waals surface area contributed by atoms with Crippen molar-refractivity contribution in [3.8, 4) is 0 Å².